The van der Waals surface area contributed by atoms with Gasteiger partial charge in [0.25, 0.3) is 5.91 Å². The molecule has 1 amide bonds. The van der Waals surface area contributed by atoms with E-state index in [2.05, 4.69) is 45.0 Å². The number of rotatable bonds is 3. The van der Waals surface area contributed by atoms with Gasteiger partial charge in [0.15, 0.2) is 0 Å². The third kappa shape index (κ3) is 3.36. The molecule has 0 bridgehead atoms. The van der Waals surface area contributed by atoms with Gasteiger partial charge in [0, 0.05) is 12.7 Å². The van der Waals surface area contributed by atoms with Crippen molar-refractivity contribution < 1.29 is 4.79 Å². The Hall–Kier alpha value is -1.32. The van der Waals surface area contributed by atoms with E-state index in [1.807, 2.05) is 6.20 Å². The van der Waals surface area contributed by atoms with E-state index in [9.17, 15) is 4.79 Å². The maximum absolute atomic E-state index is 11.7. The number of carbonyl (C=O) groups is 1. The zero-order valence-electron chi connectivity index (χ0n) is 10.7. The predicted octanol–water partition coefficient (Wildman–Crippen LogP) is 2.02. The molecule has 4 nitrogen and oxygen atoms in total. The van der Waals surface area contributed by atoms with Gasteiger partial charge in [-0.1, -0.05) is 13.8 Å². The van der Waals surface area contributed by atoms with Crippen LogP contribution in [0, 0.1) is 5.92 Å². The topological polar surface area (TPSA) is 46.9 Å². The van der Waals surface area contributed by atoms with E-state index < -0.39 is 0 Å². The number of amides is 1. The van der Waals surface area contributed by atoms with Gasteiger partial charge in [0.1, 0.15) is 5.69 Å². The molecule has 0 atom stereocenters. The van der Waals surface area contributed by atoms with Crippen LogP contribution in [0.5, 0.6) is 0 Å². The minimum Gasteiger partial charge on any atom is -0.350 e. The summed E-state index contributed by atoms with van der Waals surface area (Å²) >= 11 is 0. The highest BCUT2D eigenvalue weighted by molar-refractivity contribution is 5.92. The van der Waals surface area contributed by atoms with Gasteiger partial charge >= 0.3 is 0 Å². The molecule has 0 radical (unpaired) electrons. The highest BCUT2D eigenvalue weighted by Crippen LogP contribution is 2.12. The molecular weight excluding hydrogens is 202 g/mol. The fourth-order valence-corrected chi connectivity index (χ4v) is 1.21. The Balaban J connectivity index is 2.67. The van der Waals surface area contributed by atoms with Crippen molar-refractivity contribution in [3.63, 3.8) is 0 Å². The van der Waals surface area contributed by atoms with Crippen molar-refractivity contribution in [1.29, 1.82) is 0 Å². The Labute approximate surface area is 97.0 Å². The molecule has 0 saturated carbocycles. The SMILES string of the molecule is CC(C)CNC(=O)c1ccn(C(C)(C)C)n1. The summed E-state index contributed by atoms with van der Waals surface area (Å²) in [6.07, 6.45) is 1.84. The summed E-state index contributed by atoms with van der Waals surface area (Å²) in [5.41, 5.74) is 0.395. The van der Waals surface area contributed by atoms with E-state index >= 15 is 0 Å². The van der Waals surface area contributed by atoms with Crippen LogP contribution in [0.25, 0.3) is 0 Å². The van der Waals surface area contributed by atoms with Crippen LogP contribution in [0.15, 0.2) is 12.3 Å². The lowest BCUT2D eigenvalue weighted by Crippen LogP contribution is -2.28. The summed E-state index contributed by atoms with van der Waals surface area (Å²) in [5.74, 6) is 0.352. The average molecular weight is 223 g/mol. The van der Waals surface area contributed by atoms with Gasteiger partial charge in [-0.05, 0) is 32.8 Å². The molecule has 1 heterocycles. The lowest BCUT2D eigenvalue weighted by atomic mass is 10.1. The van der Waals surface area contributed by atoms with E-state index in [0.29, 0.717) is 18.2 Å². The quantitative estimate of drug-likeness (QED) is 0.852. The maximum Gasteiger partial charge on any atom is 0.271 e. The average Bonchev–Trinajstić information content (AvgIpc) is 2.61. The van der Waals surface area contributed by atoms with E-state index in [4.69, 9.17) is 0 Å². The first kappa shape index (κ1) is 12.7. The van der Waals surface area contributed by atoms with Crippen molar-refractivity contribution in [3.05, 3.63) is 18.0 Å². The van der Waals surface area contributed by atoms with Gasteiger partial charge in [0.2, 0.25) is 0 Å². The summed E-state index contributed by atoms with van der Waals surface area (Å²) in [4.78, 5) is 11.7. The van der Waals surface area contributed by atoms with Gasteiger partial charge in [0.05, 0.1) is 5.54 Å². The third-order valence-electron chi connectivity index (χ3n) is 2.18. The Morgan fingerprint density at radius 1 is 1.50 bits per heavy atom. The molecule has 0 aromatic carbocycles. The monoisotopic (exact) mass is 223 g/mol. The second-order valence-corrected chi connectivity index (χ2v) is 5.42. The first-order valence-electron chi connectivity index (χ1n) is 5.65. The molecular formula is C12H21N3O. The standard InChI is InChI=1S/C12H21N3O/c1-9(2)8-13-11(16)10-6-7-15(14-10)12(3,4)5/h6-7,9H,8H2,1-5H3,(H,13,16). The van der Waals surface area contributed by atoms with Crippen molar-refractivity contribution in [3.8, 4) is 0 Å². The van der Waals surface area contributed by atoms with E-state index in [0.717, 1.165) is 0 Å². The summed E-state index contributed by atoms with van der Waals surface area (Å²) in [6.45, 7) is 11.0. The molecule has 0 spiro atoms. The molecule has 0 fully saturated rings. The summed E-state index contributed by atoms with van der Waals surface area (Å²) in [7, 11) is 0. The van der Waals surface area contributed by atoms with Crippen LogP contribution in [0.3, 0.4) is 0 Å². The van der Waals surface area contributed by atoms with Crippen molar-refractivity contribution in [2.45, 2.75) is 40.2 Å². The number of hydrogen-bond acceptors (Lipinski definition) is 2. The fraction of sp³-hybridized carbons (Fsp3) is 0.667. The predicted molar refractivity (Wildman–Crippen MR) is 64.4 cm³/mol. The molecule has 90 valence electrons. The van der Waals surface area contributed by atoms with Crippen molar-refractivity contribution in [2.24, 2.45) is 5.92 Å². The molecule has 0 unspecified atom stereocenters. The minimum absolute atomic E-state index is 0.0867. The molecule has 0 saturated heterocycles. The number of nitrogens with zero attached hydrogens (tertiary/aromatic N) is 2. The second-order valence-electron chi connectivity index (χ2n) is 5.42. The Morgan fingerprint density at radius 3 is 2.56 bits per heavy atom. The smallest absolute Gasteiger partial charge is 0.271 e. The molecule has 0 aliphatic heterocycles. The zero-order chi connectivity index (χ0) is 12.3. The Morgan fingerprint density at radius 2 is 2.12 bits per heavy atom. The van der Waals surface area contributed by atoms with Gasteiger partial charge in [-0.2, -0.15) is 5.10 Å². The minimum atomic E-state index is -0.100. The number of carbonyl (C=O) groups excluding carboxylic acids is 1. The fourth-order valence-electron chi connectivity index (χ4n) is 1.21. The Bertz CT molecular complexity index is 361. The lowest BCUT2D eigenvalue weighted by Gasteiger charge is -2.18. The van der Waals surface area contributed by atoms with E-state index in [1.165, 1.54) is 0 Å². The van der Waals surface area contributed by atoms with Crippen molar-refractivity contribution in [1.82, 2.24) is 15.1 Å². The maximum atomic E-state index is 11.7. The van der Waals surface area contributed by atoms with Gasteiger partial charge in [-0.25, -0.2) is 0 Å². The Kier molecular flexibility index (Phi) is 3.73. The van der Waals surface area contributed by atoms with Crippen LogP contribution in [-0.2, 0) is 5.54 Å². The third-order valence-corrected chi connectivity index (χ3v) is 2.18. The lowest BCUT2D eigenvalue weighted by molar-refractivity contribution is 0.0942. The van der Waals surface area contributed by atoms with E-state index in [1.54, 1.807) is 10.7 Å². The van der Waals surface area contributed by atoms with Crippen LogP contribution >= 0.6 is 0 Å². The normalized spacial score (nSPS) is 11.9. The highest BCUT2D eigenvalue weighted by Gasteiger charge is 2.16. The highest BCUT2D eigenvalue weighted by atomic mass is 16.1. The molecule has 1 aromatic rings. The molecule has 4 heteroatoms. The number of hydrogen-bond donors (Lipinski definition) is 1. The molecule has 1 N–H and O–H groups in total. The van der Waals surface area contributed by atoms with Crippen molar-refractivity contribution >= 4 is 5.91 Å². The summed E-state index contributed by atoms with van der Waals surface area (Å²) in [5, 5.41) is 7.11. The first-order chi connectivity index (χ1) is 7.30. The van der Waals surface area contributed by atoms with Gasteiger partial charge < -0.3 is 5.32 Å². The van der Waals surface area contributed by atoms with Crippen LogP contribution in [0.4, 0.5) is 0 Å². The van der Waals surface area contributed by atoms with Crippen LogP contribution in [-0.4, -0.2) is 22.2 Å². The molecule has 16 heavy (non-hydrogen) atoms. The first-order valence-corrected chi connectivity index (χ1v) is 5.65. The van der Waals surface area contributed by atoms with Crippen LogP contribution in [0.1, 0.15) is 45.1 Å². The van der Waals surface area contributed by atoms with Crippen molar-refractivity contribution in [2.75, 3.05) is 6.54 Å². The zero-order valence-corrected chi connectivity index (χ0v) is 10.7. The molecule has 1 aromatic heterocycles. The molecule has 0 aliphatic carbocycles. The van der Waals surface area contributed by atoms with Gasteiger partial charge in [-0.15, -0.1) is 0 Å². The summed E-state index contributed by atoms with van der Waals surface area (Å²) < 4.78 is 1.80. The number of aromatic nitrogens is 2. The summed E-state index contributed by atoms with van der Waals surface area (Å²) in [6, 6.07) is 1.75. The van der Waals surface area contributed by atoms with E-state index in [-0.39, 0.29) is 11.4 Å². The van der Waals surface area contributed by atoms with Crippen LogP contribution < -0.4 is 5.32 Å². The molecule has 0 aliphatic rings. The second kappa shape index (κ2) is 4.68. The van der Waals surface area contributed by atoms with Gasteiger partial charge in [-0.3, -0.25) is 9.48 Å². The molecule has 1 rings (SSSR count). The largest absolute Gasteiger partial charge is 0.350 e. The van der Waals surface area contributed by atoms with Crippen LogP contribution in [0.2, 0.25) is 0 Å². The number of nitrogens with one attached hydrogen (secondary N) is 1.